The number of carbonyl (C=O) groups excluding carboxylic acids is 1. The minimum absolute atomic E-state index is 0.186. The van der Waals surface area contributed by atoms with Gasteiger partial charge in [0.2, 0.25) is 5.91 Å². The zero-order valence-electron chi connectivity index (χ0n) is 19.4. The molecule has 0 aromatic carbocycles. The van der Waals surface area contributed by atoms with Crippen molar-refractivity contribution >= 4 is 5.91 Å². The molecule has 0 unspecified atom stereocenters. The van der Waals surface area contributed by atoms with Crippen LogP contribution in [0.2, 0.25) is 0 Å². The van der Waals surface area contributed by atoms with Crippen molar-refractivity contribution in [2.75, 3.05) is 52.4 Å². The van der Waals surface area contributed by atoms with E-state index in [1.165, 1.54) is 25.9 Å². The van der Waals surface area contributed by atoms with E-state index in [2.05, 4.69) is 24.9 Å². The Hall–Kier alpha value is -2.32. The van der Waals surface area contributed by atoms with E-state index in [0.717, 1.165) is 67.6 Å². The molecule has 8 heteroatoms. The van der Waals surface area contributed by atoms with Crippen LogP contribution in [0.5, 0.6) is 0 Å². The molecule has 0 N–H and O–H groups in total. The third-order valence-corrected chi connectivity index (χ3v) is 6.59. The maximum atomic E-state index is 13.0. The van der Waals surface area contributed by atoms with E-state index in [1.54, 1.807) is 4.68 Å². The van der Waals surface area contributed by atoms with Gasteiger partial charge in [-0.05, 0) is 59.7 Å². The summed E-state index contributed by atoms with van der Waals surface area (Å²) in [5.41, 5.74) is 4.63. The van der Waals surface area contributed by atoms with Gasteiger partial charge in [-0.15, -0.1) is 0 Å². The molecule has 31 heavy (non-hydrogen) atoms. The average molecular weight is 426 g/mol. The molecule has 4 rings (SSSR count). The molecular formula is C23H35N7O. The first kappa shape index (κ1) is 21.9. The lowest BCUT2D eigenvalue weighted by atomic mass is 10.1. The predicted molar refractivity (Wildman–Crippen MR) is 121 cm³/mol. The summed E-state index contributed by atoms with van der Waals surface area (Å²) in [5.74, 6) is 0.759. The lowest BCUT2D eigenvalue weighted by molar-refractivity contribution is -0.132. The number of aromatic nitrogens is 4. The van der Waals surface area contributed by atoms with E-state index in [9.17, 15) is 4.79 Å². The molecule has 2 aromatic heterocycles. The Morgan fingerprint density at radius 3 is 2.06 bits per heavy atom. The van der Waals surface area contributed by atoms with Gasteiger partial charge in [0.15, 0.2) is 0 Å². The Labute approximate surface area is 185 Å². The fraction of sp³-hybridized carbons (Fsp3) is 0.652. The molecule has 0 spiro atoms. The fourth-order valence-electron chi connectivity index (χ4n) is 4.70. The number of hydrogen-bond donors (Lipinski definition) is 0. The number of aryl methyl sites for hydroxylation is 3. The van der Waals surface area contributed by atoms with E-state index in [0.29, 0.717) is 12.4 Å². The summed E-state index contributed by atoms with van der Waals surface area (Å²) in [4.78, 5) is 29.1. The van der Waals surface area contributed by atoms with Crippen LogP contribution in [0.15, 0.2) is 6.07 Å². The first-order chi connectivity index (χ1) is 14.9. The molecule has 2 fully saturated rings. The molecule has 1 amide bonds. The normalized spacial score (nSPS) is 18.1. The van der Waals surface area contributed by atoms with Crippen LogP contribution in [0.4, 0.5) is 0 Å². The van der Waals surface area contributed by atoms with Crippen LogP contribution in [-0.2, 0) is 11.2 Å². The number of carbonyl (C=O) groups is 1. The van der Waals surface area contributed by atoms with E-state index < -0.39 is 0 Å². The summed E-state index contributed by atoms with van der Waals surface area (Å²) < 4.78 is 1.77. The molecule has 0 radical (unpaired) electrons. The molecule has 0 bridgehead atoms. The molecule has 168 valence electrons. The van der Waals surface area contributed by atoms with Gasteiger partial charge in [-0.1, -0.05) is 0 Å². The average Bonchev–Trinajstić information content (AvgIpc) is 3.35. The lowest BCUT2D eigenvalue weighted by Crippen LogP contribution is -2.50. The number of likely N-dealkylation sites (tertiary alicyclic amines) is 1. The first-order valence-electron chi connectivity index (χ1n) is 11.5. The Morgan fingerprint density at radius 2 is 1.45 bits per heavy atom. The van der Waals surface area contributed by atoms with Crippen molar-refractivity contribution in [3.63, 3.8) is 0 Å². The third kappa shape index (κ3) is 5.13. The molecule has 2 aliphatic rings. The smallest absolute Gasteiger partial charge is 0.251 e. The molecular weight excluding hydrogens is 390 g/mol. The van der Waals surface area contributed by atoms with Gasteiger partial charge in [-0.3, -0.25) is 9.69 Å². The summed E-state index contributed by atoms with van der Waals surface area (Å²) in [7, 11) is 0. The van der Waals surface area contributed by atoms with Crippen LogP contribution >= 0.6 is 0 Å². The maximum Gasteiger partial charge on any atom is 0.251 e. The van der Waals surface area contributed by atoms with Gasteiger partial charge in [-0.25, -0.2) is 14.6 Å². The van der Waals surface area contributed by atoms with Crippen LogP contribution in [0.1, 0.15) is 41.2 Å². The second-order valence-electron chi connectivity index (χ2n) is 8.96. The summed E-state index contributed by atoms with van der Waals surface area (Å²) >= 11 is 0. The molecule has 2 saturated heterocycles. The topological polar surface area (TPSA) is 70.4 Å². The summed E-state index contributed by atoms with van der Waals surface area (Å²) in [6.07, 6.45) is 3.07. The van der Waals surface area contributed by atoms with Gasteiger partial charge >= 0.3 is 0 Å². The molecule has 2 aromatic rings. The van der Waals surface area contributed by atoms with E-state index in [1.807, 2.05) is 38.7 Å². The molecule has 0 aliphatic carbocycles. The molecule has 0 atom stereocenters. The number of rotatable bonds is 6. The number of amides is 1. The second kappa shape index (κ2) is 9.44. The largest absolute Gasteiger partial charge is 0.340 e. The van der Waals surface area contributed by atoms with Gasteiger partial charge in [0.05, 0.1) is 12.1 Å². The van der Waals surface area contributed by atoms with Gasteiger partial charge in [0.25, 0.3) is 5.95 Å². The summed E-state index contributed by atoms with van der Waals surface area (Å²) in [5, 5.41) is 4.64. The van der Waals surface area contributed by atoms with Crippen molar-refractivity contribution < 1.29 is 4.79 Å². The van der Waals surface area contributed by atoms with E-state index >= 15 is 0 Å². The second-order valence-corrected chi connectivity index (χ2v) is 8.96. The molecule has 0 saturated carbocycles. The van der Waals surface area contributed by atoms with Gasteiger partial charge in [0, 0.05) is 61.9 Å². The van der Waals surface area contributed by atoms with Gasteiger partial charge in [0.1, 0.15) is 0 Å². The fourth-order valence-corrected chi connectivity index (χ4v) is 4.70. The summed E-state index contributed by atoms with van der Waals surface area (Å²) in [6, 6.07) is 1.95. The zero-order valence-corrected chi connectivity index (χ0v) is 19.4. The Kier molecular flexibility index (Phi) is 6.67. The van der Waals surface area contributed by atoms with Crippen molar-refractivity contribution in [3.05, 3.63) is 34.4 Å². The van der Waals surface area contributed by atoms with Gasteiger partial charge in [-0.2, -0.15) is 5.10 Å². The standard InChI is InChI=1S/C23H35N7O/c1-17-15-18(2)25-23(24-17)30-20(4)21(19(3)26-30)16-22(31)29-13-11-28(12-14-29)10-9-27-7-5-6-8-27/h15H,5-14,16H2,1-4H3. The van der Waals surface area contributed by atoms with Crippen molar-refractivity contribution in [1.82, 2.24) is 34.4 Å². The Morgan fingerprint density at radius 1 is 0.871 bits per heavy atom. The molecule has 8 nitrogen and oxygen atoms in total. The van der Waals surface area contributed by atoms with E-state index in [-0.39, 0.29) is 5.91 Å². The highest BCUT2D eigenvalue weighted by atomic mass is 16.2. The Balaban J connectivity index is 1.35. The highest BCUT2D eigenvalue weighted by Crippen LogP contribution is 2.18. The first-order valence-corrected chi connectivity index (χ1v) is 11.5. The molecule has 2 aliphatic heterocycles. The third-order valence-electron chi connectivity index (χ3n) is 6.59. The van der Waals surface area contributed by atoms with Crippen LogP contribution in [-0.4, -0.2) is 92.7 Å². The van der Waals surface area contributed by atoms with Crippen LogP contribution < -0.4 is 0 Å². The number of nitrogens with zero attached hydrogens (tertiary/aromatic N) is 7. The maximum absolute atomic E-state index is 13.0. The van der Waals surface area contributed by atoms with Crippen LogP contribution in [0.25, 0.3) is 5.95 Å². The molecule has 4 heterocycles. The van der Waals surface area contributed by atoms with Crippen molar-refractivity contribution in [1.29, 1.82) is 0 Å². The van der Waals surface area contributed by atoms with Crippen molar-refractivity contribution in [3.8, 4) is 5.95 Å². The summed E-state index contributed by atoms with van der Waals surface area (Å²) in [6.45, 7) is 16.2. The minimum atomic E-state index is 0.186. The van der Waals surface area contributed by atoms with E-state index in [4.69, 9.17) is 0 Å². The lowest BCUT2D eigenvalue weighted by Gasteiger charge is -2.35. The number of hydrogen-bond acceptors (Lipinski definition) is 6. The quantitative estimate of drug-likeness (QED) is 0.701. The minimum Gasteiger partial charge on any atom is -0.340 e. The predicted octanol–water partition coefficient (Wildman–Crippen LogP) is 1.68. The highest BCUT2D eigenvalue weighted by molar-refractivity contribution is 5.79. The highest BCUT2D eigenvalue weighted by Gasteiger charge is 2.24. The van der Waals surface area contributed by atoms with Crippen LogP contribution in [0, 0.1) is 27.7 Å². The zero-order chi connectivity index (χ0) is 22.0. The Bertz CT molecular complexity index is 904. The van der Waals surface area contributed by atoms with Crippen molar-refractivity contribution in [2.24, 2.45) is 0 Å². The monoisotopic (exact) mass is 425 g/mol. The SMILES string of the molecule is Cc1cc(C)nc(-n2nc(C)c(CC(=O)N3CCN(CCN4CCCC4)CC3)c2C)n1. The van der Waals surface area contributed by atoms with Crippen LogP contribution in [0.3, 0.4) is 0 Å². The van der Waals surface area contributed by atoms with Crippen molar-refractivity contribution in [2.45, 2.75) is 47.0 Å². The number of piperazine rings is 1. The van der Waals surface area contributed by atoms with Gasteiger partial charge < -0.3 is 9.80 Å².